The molecule has 5 nitrogen and oxygen atoms in total. The van der Waals surface area contributed by atoms with Crippen molar-refractivity contribution >= 4 is 64.0 Å². The van der Waals surface area contributed by atoms with Crippen molar-refractivity contribution in [3.05, 3.63) is 56.7 Å². The molecule has 2 aromatic rings. The number of halogens is 2. The Morgan fingerprint density at radius 1 is 1.32 bits per heavy atom. The number of hydrogen-bond donors (Lipinski definition) is 1. The van der Waals surface area contributed by atoms with Crippen molar-refractivity contribution in [3.63, 3.8) is 0 Å². The van der Waals surface area contributed by atoms with Crippen LogP contribution in [0.5, 0.6) is 0 Å². The summed E-state index contributed by atoms with van der Waals surface area (Å²) in [5.41, 5.74) is 0.573. The van der Waals surface area contributed by atoms with Gasteiger partial charge in [-0.1, -0.05) is 36.4 Å². The maximum Gasteiger partial charge on any atom is 0.345 e. The SMILES string of the molecule is C=Cc1nc(/C(C(=O)OCC)=C(/O)c2ccc(Cl)nc2Cl)sc1C=C. The van der Waals surface area contributed by atoms with Gasteiger partial charge in [0.1, 0.15) is 26.6 Å². The van der Waals surface area contributed by atoms with E-state index in [4.69, 9.17) is 27.9 Å². The molecule has 0 spiro atoms. The number of esters is 1. The van der Waals surface area contributed by atoms with Crippen molar-refractivity contribution in [3.8, 4) is 0 Å². The predicted octanol–water partition coefficient (Wildman–Crippen LogP) is 5.12. The number of nitrogens with zero attached hydrogens (tertiary/aromatic N) is 2. The third-order valence-corrected chi connectivity index (χ3v) is 4.64. The summed E-state index contributed by atoms with van der Waals surface area (Å²) in [4.78, 5) is 21.3. The quantitative estimate of drug-likeness (QED) is 0.317. The Kier molecular flexibility index (Phi) is 6.36. The zero-order valence-electron chi connectivity index (χ0n) is 13.3. The lowest BCUT2D eigenvalue weighted by molar-refractivity contribution is -0.136. The topological polar surface area (TPSA) is 72.3 Å². The summed E-state index contributed by atoms with van der Waals surface area (Å²) in [6, 6.07) is 2.91. The second-order valence-electron chi connectivity index (χ2n) is 4.59. The van der Waals surface area contributed by atoms with Crippen LogP contribution in [0.1, 0.15) is 28.1 Å². The van der Waals surface area contributed by atoms with E-state index in [0.29, 0.717) is 10.6 Å². The summed E-state index contributed by atoms with van der Waals surface area (Å²) < 4.78 is 5.05. The van der Waals surface area contributed by atoms with E-state index < -0.39 is 11.7 Å². The molecule has 8 heteroatoms. The highest BCUT2D eigenvalue weighted by Crippen LogP contribution is 2.33. The van der Waals surface area contributed by atoms with Crippen LogP contribution >= 0.6 is 34.5 Å². The maximum atomic E-state index is 12.4. The zero-order valence-corrected chi connectivity index (χ0v) is 15.6. The van der Waals surface area contributed by atoms with Crippen LogP contribution in [0.25, 0.3) is 23.5 Å². The van der Waals surface area contributed by atoms with E-state index in [1.54, 1.807) is 13.0 Å². The lowest BCUT2D eigenvalue weighted by atomic mass is 10.1. The normalized spacial score (nSPS) is 11.6. The fourth-order valence-corrected chi connectivity index (χ4v) is 3.34. The molecule has 2 rings (SSSR count). The van der Waals surface area contributed by atoms with E-state index in [0.717, 1.165) is 0 Å². The summed E-state index contributed by atoms with van der Waals surface area (Å²) in [5, 5.41) is 11.0. The van der Waals surface area contributed by atoms with Gasteiger partial charge in [-0.3, -0.25) is 0 Å². The lowest BCUT2D eigenvalue weighted by Gasteiger charge is -2.09. The summed E-state index contributed by atoms with van der Waals surface area (Å²) in [7, 11) is 0. The smallest absolute Gasteiger partial charge is 0.345 e. The average molecular weight is 397 g/mol. The van der Waals surface area contributed by atoms with Crippen molar-refractivity contribution in [2.45, 2.75) is 6.92 Å². The van der Waals surface area contributed by atoms with Crippen LogP contribution in [-0.4, -0.2) is 27.7 Å². The molecular weight excluding hydrogens is 383 g/mol. The van der Waals surface area contributed by atoms with E-state index in [-0.39, 0.29) is 33.1 Å². The molecule has 2 aromatic heterocycles. The van der Waals surface area contributed by atoms with Gasteiger partial charge in [0.2, 0.25) is 0 Å². The highest BCUT2D eigenvalue weighted by atomic mass is 35.5. The van der Waals surface area contributed by atoms with Crippen LogP contribution in [0.3, 0.4) is 0 Å². The van der Waals surface area contributed by atoms with E-state index in [2.05, 4.69) is 23.1 Å². The highest BCUT2D eigenvalue weighted by Gasteiger charge is 2.25. The van der Waals surface area contributed by atoms with Crippen LogP contribution in [0.2, 0.25) is 10.3 Å². The van der Waals surface area contributed by atoms with Gasteiger partial charge in [-0.25, -0.2) is 14.8 Å². The van der Waals surface area contributed by atoms with Gasteiger partial charge in [-0.15, -0.1) is 11.3 Å². The van der Waals surface area contributed by atoms with Crippen molar-refractivity contribution in [1.82, 2.24) is 9.97 Å². The van der Waals surface area contributed by atoms with Gasteiger partial charge in [0.25, 0.3) is 0 Å². The van der Waals surface area contributed by atoms with Crippen molar-refractivity contribution in [1.29, 1.82) is 0 Å². The lowest BCUT2D eigenvalue weighted by Crippen LogP contribution is -2.09. The average Bonchev–Trinajstić information content (AvgIpc) is 2.98. The van der Waals surface area contributed by atoms with Crippen molar-refractivity contribution < 1.29 is 14.6 Å². The Balaban J connectivity index is 2.71. The predicted molar refractivity (Wildman–Crippen MR) is 103 cm³/mol. The number of carbonyl (C=O) groups is 1. The van der Waals surface area contributed by atoms with Gasteiger partial charge in [-0.05, 0) is 31.2 Å². The number of ether oxygens (including phenoxy) is 1. The van der Waals surface area contributed by atoms with Crippen molar-refractivity contribution in [2.75, 3.05) is 6.61 Å². The van der Waals surface area contributed by atoms with E-state index in [9.17, 15) is 9.90 Å². The first-order valence-electron chi connectivity index (χ1n) is 7.11. The second kappa shape index (κ2) is 8.29. The Hall–Kier alpha value is -2.15. The number of aromatic nitrogens is 2. The molecule has 0 aliphatic carbocycles. The largest absolute Gasteiger partial charge is 0.506 e. The molecule has 0 aliphatic heterocycles. The van der Waals surface area contributed by atoms with Gasteiger partial charge in [0, 0.05) is 0 Å². The number of thiazole rings is 1. The maximum absolute atomic E-state index is 12.4. The fraction of sp³-hybridized carbons (Fsp3) is 0.118. The highest BCUT2D eigenvalue weighted by molar-refractivity contribution is 7.14. The minimum Gasteiger partial charge on any atom is -0.506 e. The van der Waals surface area contributed by atoms with Crippen LogP contribution in [0.15, 0.2) is 25.3 Å². The first kappa shape index (κ1) is 19.2. The minimum absolute atomic E-state index is 0.0451. The van der Waals surface area contributed by atoms with Gasteiger partial charge < -0.3 is 9.84 Å². The van der Waals surface area contributed by atoms with Gasteiger partial charge in [-0.2, -0.15) is 0 Å². The molecule has 25 heavy (non-hydrogen) atoms. The molecule has 0 amide bonds. The van der Waals surface area contributed by atoms with Crippen molar-refractivity contribution in [2.24, 2.45) is 0 Å². The number of rotatable bonds is 6. The molecule has 0 saturated heterocycles. The van der Waals surface area contributed by atoms with Gasteiger partial charge >= 0.3 is 5.97 Å². The molecule has 0 fully saturated rings. The van der Waals surface area contributed by atoms with Gasteiger partial charge in [0.05, 0.1) is 22.7 Å². The summed E-state index contributed by atoms with van der Waals surface area (Å²) in [6.45, 7) is 9.18. The van der Waals surface area contributed by atoms with Crippen LogP contribution in [-0.2, 0) is 9.53 Å². The molecule has 0 atom stereocenters. The standard InChI is InChI=1S/C17H14Cl2N2O3S/c1-4-10-11(5-2)25-16(20-10)13(17(23)24-6-3)14(22)9-7-8-12(18)21-15(9)19/h4-5,7-8,22H,1-2,6H2,3H3/b14-13-. The van der Waals surface area contributed by atoms with E-state index in [1.807, 2.05) is 0 Å². The van der Waals surface area contributed by atoms with E-state index >= 15 is 0 Å². The first-order valence-corrected chi connectivity index (χ1v) is 8.69. The first-order chi connectivity index (χ1) is 11.9. The molecule has 130 valence electrons. The number of pyridine rings is 1. The van der Waals surface area contributed by atoms with Gasteiger partial charge in [0.15, 0.2) is 0 Å². The summed E-state index contributed by atoms with van der Waals surface area (Å²) >= 11 is 13.0. The Morgan fingerprint density at radius 3 is 2.56 bits per heavy atom. The molecule has 2 heterocycles. The minimum atomic E-state index is -0.731. The fourth-order valence-electron chi connectivity index (χ4n) is 1.96. The molecular formula is C17H14Cl2N2O3S. The molecule has 0 aliphatic rings. The third kappa shape index (κ3) is 4.10. The second-order valence-corrected chi connectivity index (χ2v) is 6.37. The van der Waals surface area contributed by atoms with Crippen LogP contribution < -0.4 is 0 Å². The Labute approximate surface area is 158 Å². The number of aliphatic hydroxyl groups excluding tert-OH is 1. The Bertz CT molecular complexity index is 849. The zero-order chi connectivity index (χ0) is 18.6. The Morgan fingerprint density at radius 2 is 2.04 bits per heavy atom. The molecule has 1 N–H and O–H groups in total. The molecule has 0 radical (unpaired) electrons. The molecule has 0 aromatic carbocycles. The number of aliphatic hydroxyl groups is 1. The number of carbonyl (C=O) groups excluding carboxylic acids is 1. The monoisotopic (exact) mass is 396 g/mol. The third-order valence-electron chi connectivity index (χ3n) is 3.06. The van der Waals surface area contributed by atoms with E-state index in [1.165, 1.54) is 29.5 Å². The molecule has 0 bridgehead atoms. The summed E-state index contributed by atoms with van der Waals surface area (Å²) in [5.74, 6) is -1.13. The molecule has 0 unspecified atom stereocenters. The number of hydrogen-bond acceptors (Lipinski definition) is 6. The van der Waals surface area contributed by atoms with Crippen LogP contribution in [0.4, 0.5) is 0 Å². The van der Waals surface area contributed by atoms with Crippen LogP contribution in [0, 0.1) is 0 Å². The summed E-state index contributed by atoms with van der Waals surface area (Å²) in [6.07, 6.45) is 3.13. The molecule has 0 saturated carbocycles.